The molecule has 0 unspecified atom stereocenters. The summed E-state index contributed by atoms with van der Waals surface area (Å²) in [4.78, 5) is 20.6. The standard InChI is InChI=1S/C15H12N6O/c1-2-9-20-10-3-4-12(20)14(22)21-15(16)18-13(19-21)11-5-7-17-8-6-11/h3-10H,1H2,(H2,16,18,19). The van der Waals surface area contributed by atoms with Crippen LogP contribution in [0.5, 0.6) is 0 Å². The second kappa shape index (κ2) is 5.51. The minimum atomic E-state index is -0.387. The van der Waals surface area contributed by atoms with Crippen LogP contribution < -0.4 is 5.73 Å². The molecule has 0 spiro atoms. The Labute approximate surface area is 126 Å². The van der Waals surface area contributed by atoms with Crippen LogP contribution in [0, 0.1) is 0 Å². The number of anilines is 1. The van der Waals surface area contributed by atoms with Gasteiger partial charge in [0.05, 0.1) is 6.20 Å². The molecule has 7 nitrogen and oxygen atoms in total. The van der Waals surface area contributed by atoms with E-state index < -0.39 is 0 Å². The minimum Gasteiger partial charge on any atom is -0.368 e. The molecule has 0 aliphatic heterocycles. The maximum absolute atomic E-state index is 12.5. The van der Waals surface area contributed by atoms with Crippen LogP contribution in [-0.2, 0) is 0 Å². The summed E-state index contributed by atoms with van der Waals surface area (Å²) in [5.41, 5.74) is 9.54. The van der Waals surface area contributed by atoms with E-state index in [2.05, 4.69) is 27.4 Å². The van der Waals surface area contributed by atoms with Crippen molar-refractivity contribution in [3.8, 4) is 11.4 Å². The Hall–Kier alpha value is -3.44. The Morgan fingerprint density at radius 1 is 1.32 bits per heavy atom. The third-order valence-electron chi connectivity index (χ3n) is 2.99. The van der Waals surface area contributed by atoms with Crippen molar-refractivity contribution in [2.24, 2.45) is 0 Å². The molecule has 3 heterocycles. The van der Waals surface area contributed by atoms with Gasteiger partial charge in [-0.15, -0.1) is 10.8 Å². The highest BCUT2D eigenvalue weighted by Gasteiger charge is 2.18. The van der Waals surface area contributed by atoms with Crippen LogP contribution in [0.4, 0.5) is 5.95 Å². The number of carbonyl (C=O) groups is 1. The van der Waals surface area contributed by atoms with Crippen molar-refractivity contribution in [2.75, 3.05) is 5.73 Å². The van der Waals surface area contributed by atoms with Crippen molar-refractivity contribution in [2.45, 2.75) is 0 Å². The fraction of sp³-hybridized carbons (Fsp3) is 0. The molecule has 0 fully saturated rings. The van der Waals surface area contributed by atoms with E-state index in [4.69, 9.17) is 5.73 Å². The van der Waals surface area contributed by atoms with Gasteiger partial charge in [0.15, 0.2) is 5.82 Å². The highest BCUT2D eigenvalue weighted by molar-refractivity contribution is 5.96. The second-order valence-corrected chi connectivity index (χ2v) is 4.38. The highest BCUT2D eigenvalue weighted by Crippen LogP contribution is 2.16. The van der Waals surface area contributed by atoms with Gasteiger partial charge in [0.2, 0.25) is 5.95 Å². The number of hydrogen-bond donors (Lipinski definition) is 1. The summed E-state index contributed by atoms with van der Waals surface area (Å²) >= 11 is 0. The molecule has 0 amide bonds. The molecular formula is C15H12N6O. The first kappa shape index (κ1) is 13.5. The van der Waals surface area contributed by atoms with Crippen LogP contribution in [0.1, 0.15) is 10.5 Å². The predicted molar refractivity (Wildman–Crippen MR) is 81.7 cm³/mol. The number of pyridine rings is 1. The third kappa shape index (κ3) is 2.32. The van der Waals surface area contributed by atoms with Gasteiger partial charge in [-0.25, -0.2) is 0 Å². The molecule has 0 radical (unpaired) electrons. The molecule has 2 N–H and O–H groups in total. The number of hydrogen-bond acceptors (Lipinski definition) is 5. The lowest BCUT2D eigenvalue weighted by Gasteiger charge is -2.02. The van der Waals surface area contributed by atoms with Crippen LogP contribution in [0.25, 0.3) is 17.6 Å². The molecule has 0 aliphatic carbocycles. The molecule has 3 aromatic rings. The third-order valence-corrected chi connectivity index (χ3v) is 2.99. The van der Waals surface area contributed by atoms with Crippen molar-refractivity contribution < 1.29 is 4.79 Å². The van der Waals surface area contributed by atoms with Gasteiger partial charge < -0.3 is 10.3 Å². The second-order valence-electron chi connectivity index (χ2n) is 4.38. The summed E-state index contributed by atoms with van der Waals surface area (Å²) < 4.78 is 2.65. The fourth-order valence-corrected chi connectivity index (χ4v) is 1.99. The number of aromatic nitrogens is 5. The van der Waals surface area contributed by atoms with Crippen LogP contribution in [0.2, 0.25) is 0 Å². The predicted octanol–water partition coefficient (Wildman–Crippen LogP) is 1.67. The summed E-state index contributed by atoms with van der Waals surface area (Å²) in [6.07, 6.45) is 6.49. The van der Waals surface area contributed by atoms with Crippen molar-refractivity contribution >= 4 is 18.1 Å². The molecule has 7 heteroatoms. The first-order chi connectivity index (χ1) is 10.7. The molecule has 0 atom stereocenters. The largest absolute Gasteiger partial charge is 0.368 e. The van der Waals surface area contributed by atoms with Crippen LogP contribution in [0.15, 0.2) is 55.2 Å². The normalized spacial score (nSPS) is 10.2. The fourth-order valence-electron chi connectivity index (χ4n) is 1.99. The molecule has 0 saturated carbocycles. The minimum absolute atomic E-state index is 0.0205. The average molecular weight is 292 g/mol. The van der Waals surface area contributed by atoms with Crippen LogP contribution in [0.3, 0.4) is 0 Å². The van der Waals surface area contributed by atoms with E-state index in [0.717, 1.165) is 10.2 Å². The lowest BCUT2D eigenvalue weighted by molar-refractivity contribution is 0.0941. The quantitative estimate of drug-likeness (QED) is 0.741. The molecule has 0 aromatic carbocycles. The number of carbonyl (C=O) groups excluding carboxylic acids is 1. The topological polar surface area (TPSA) is 91.6 Å². The zero-order valence-electron chi connectivity index (χ0n) is 11.5. The molecule has 22 heavy (non-hydrogen) atoms. The summed E-state index contributed by atoms with van der Waals surface area (Å²) in [6.45, 7) is 3.49. The molecule has 3 rings (SSSR count). The number of rotatable bonds is 3. The zero-order chi connectivity index (χ0) is 15.5. The van der Waals surface area contributed by atoms with Gasteiger partial charge in [-0.3, -0.25) is 9.78 Å². The Kier molecular flexibility index (Phi) is 3.39. The van der Waals surface area contributed by atoms with E-state index in [1.165, 1.54) is 0 Å². The summed E-state index contributed by atoms with van der Waals surface area (Å²) in [5.74, 6) is -0.000398. The van der Waals surface area contributed by atoms with Gasteiger partial charge >= 0.3 is 0 Å². The molecule has 108 valence electrons. The van der Waals surface area contributed by atoms with E-state index in [9.17, 15) is 4.79 Å². The Bertz CT molecular complexity index is 871. The lowest BCUT2D eigenvalue weighted by atomic mass is 10.3. The lowest BCUT2D eigenvalue weighted by Crippen LogP contribution is -2.18. The summed E-state index contributed by atoms with van der Waals surface area (Å²) in [6, 6.07) is 6.88. The maximum Gasteiger partial charge on any atom is 0.298 e. The van der Waals surface area contributed by atoms with Crippen LogP contribution >= 0.6 is 0 Å². The van der Waals surface area contributed by atoms with Gasteiger partial charge in [0.1, 0.15) is 5.69 Å². The van der Waals surface area contributed by atoms with Gasteiger partial charge in [0.25, 0.3) is 5.91 Å². The monoisotopic (exact) mass is 292 g/mol. The van der Waals surface area contributed by atoms with Crippen molar-refractivity contribution in [3.05, 3.63) is 60.9 Å². The Morgan fingerprint density at radius 3 is 2.82 bits per heavy atom. The highest BCUT2D eigenvalue weighted by atomic mass is 16.2. The smallest absolute Gasteiger partial charge is 0.298 e. The van der Waals surface area contributed by atoms with E-state index in [-0.39, 0.29) is 11.9 Å². The Balaban J connectivity index is 2.02. The van der Waals surface area contributed by atoms with E-state index in [0.29, 0.717) is 11.5 Å². The van der Waals surface area contributed by atoms with Gasteiger partial charge in [-0.2, -0.15) is 9.67 Å². The number of nitrogens with two attached hydrogens (primary N) is 1. The maximum atomic E-state index is 12.5. The van der Waals surface area contributed by atoms with E-state index in [1.807, 2.05) is 0 Å². The van der Waals surface area contributed by atoms with Crippen molar-refractivity contribution in [1.29, 1.82) is 0 Å². The van der Waals surface area contributed by atoms with E-state index >= 15 is 0 Å². The summed E-state index contributed by atoms with van der Waals surface area (Å²) in [5, 5.41) is 4.18. The number of nitrogens with zero attached hydrogens (tertiary/aromatic N) is 5. The molecule has 0 aliphatic rings. The van der Waals surface area contributed by atoms with Gasteiger partial charge in [-0.1, -0.05) is 6.58 Å². The molecule has 0 bridgehead atoms. The average Bonchev–Trinajstić information content (AvgIpc) is 3.15. The van der Waals surface area contributed by atoms with Crippen LogP contribution in [-0.4, -0.2) is 30.2 Å². The van der Waals surface area contributed by atoms with Crippen molar-refractivity contribution in [3.63, 3.8) is 0 Å². The van der Waals surface area contributed by atoms with E-state index in [1.54, 1.807) is 53.6 Å². The molecule has 0 saturated heterocycles. The molecule has 3 aromatic heterocycles. The SMILES string of the molecule is C=C=Cn1cccc1C(=O)n1nc(-c2ccncc2)nc1N. The van der Waals surface area contributed by atoms with Crippen molar-refractivity contribution in [1.82, 2.24) is 24.3 Å². The first-order valence-electron chi connectivity index (χ1n) is 6.41. The number of nitrogen functional groups attached to an aromatic ring is 1. The summed E-state index contributed by atoms with van der Waals surface area (Å²) in [7, 11) is 0. The zero-order valence-corrected chi connectivity index (χ0v) is 11.5. The molecular weight excluding hydrogens is 280 g/mol. The van der Waals surface area contributed by atoms with Gasteiger partial charge in [0, 0.05) is 24.2 Å². The Morgan fingerprint density at radius 2 is 2.09 bits per heavy atom. The first-order valence-corrected chi connectivity index (χ1v) is 6.41. The van der Waals surface area contributed by atoms with Gasteiger partial charge in [-0.05, 0) is 24.3 Å².